The molecular weight excluding hydrogens is 490 g/mol. The summed E-state index contributed by atoms with van der Waals surface area (Å²) in [5.41, 5.74) is 4.83. The molecule has 1 N–H and O–H groups in total. The minimum atomic E-state index is -0.513. The van der Waals surface area contributed by atoms with Crippen LogP contribution in [0.25, 0.3) is 22.3 Å². The molecule has 0 radical (unpaired) electrons. The van der Waals surface area contributed by atoms with Gasteiger partial charge in [0.25, 0.3) is 5.91 Å². The minimum absolute atomic E-state index is 0.0427. The molecule has 0 bridgehead atoms. The van der Waals surface area contributed by atoms with Gasteiger partial charge in [0.15, 0.2) is 12.4 Å². The molecule has 0 unspecified atom stereocenters. The van der Waals surface area contributed by atoms with Gasteiger partial charge < -0.3 is 19.2 Å². The molecule has 0 atom stereocenters. The van der Waals surface area contributed by atoms with Crippen molar-refractivity contribution in [2.24, 2.45) is 0 Å². The molecule has 0 aliphatic carbocycles. The van der Waals surface area contributed by atoms with E-state index in [2.05, 4.69) is 5.32 Å². The molecule has 4 rings (SSSR count). The number of esters is 1. The lowest BCUT2D eigenvalue weighted by molar-refractivity contribution is -0.118. The fraction of sp³-hybridized carbons (Fsp3) is 0.276. The second-order valence-electron chi connectivity index (χ2n) is 8.93. The number of carbonyl (C=O) groups excluding carboxylic acids is 2. The molecule has 1 amide bonds. The summed E-state index contributed by atoms with van der Waals surface area (Å²) in [4.78, 5) is 39.7. The van der Waals surface area contributed by atoms with Crippen molar-refractivity contribution in [2.75, 3.05) is 18.5 Å². The first-order valence-electron chi connectivity index (χ1n) is 12.0. The molecule has 0 saturated carbocycles. The van der Waals surface area contributed by atoms with Crippen LogP contribution in [0.4, 0.5) is 5.00 Å². The Bertz CT molecular complexity index is 1560. The van der Waals surface area contributed by atoms with Crippen molar-refractivity contribution in [3.8, 4) is 17.1 Å². The van der Waals surface area contributed by atoms with Crippen molar-refractivity contribution in [2.45, 2.75) is 41.5 Å². The lowest BCUT2D eigenvalue weighted by Gasteiger charge is -2.13. The molecule has 0 fully saturated rings. The van der Waals surface area contributed by atoms with Gasteiger partial charge >= 0.3 is 5.97 Å². The van der Waals surface area contributed by atoms with Crippen molar-refractivity contribution in [3.63, 3.8) is 0 Å². The molecule has 192 valence electrons. The molecule has 0 saturated heterocycles. The van der Waals surface area contributed by atoms with Crippen LogP contribution in [0, 0.1) is 34.6 Å². The topological polar surface area (TPSA) is 94.8 Å². The normalized spacial score (nSPS) is 11.0. The first kappa shape index (κ1) is 26.2. The van der Waals surface area contributed by atoms with Crippen molar-refractivity contribution in [3.05, 3.63) is 79.3 Å². The molecule has 8 heteroatoms. The summed E-state index contributed by atoms with van der Waals surface area (Å²) in [5, 5.41) is 3.51. The van der Waals surface area contributed by atoms with Crippen LogP contribution < -0.4 is 15.5 Å². The molecule has 2 aromatic heterocycles. The zero-order valence-corrected chi connectivity index (χ0v) is 22.6. The zero-order chi connectivity index (χ0) is 26.9. The van der Waals surface area contributed by atoms with Crippen LogP contribution in [0.1, 0.15) is 44.4 Å². The summed E-state index contributed by atoms with van der Waals surface area (Å²) in [6.45, 7) is 11.0. The number of ether oxygens (including phenoxy) is 2. The van der Waals surface area contributed by atoms with E-state index in [1.165, 1.54) is 11.3 Å². The third kappa shape index (κ3) is 5.29. The molecule has 37 heavy (non-hydrogen) atoms. The third-order valence-electron chi connectivity index (χ3n) is 6.24. The van der Waals surface area contributed by atoms with Crippen LogP contribution in [-0.4, -0.2) is 25.1 Å². The van der Waals surface area contributed by atoms with Gasteiger partial charge in [-0.2, -0.15) is 0 Å². The zero-order valence-electron chi connectivity index (χ0n) is 21.7. The van der Waals surface area contributed by atoms with Crippen LogP contribution in [0.5, 0.6) is 5.75 Å². The number of anilines is 1. The Morgan fingerprint density at radius 3 is 2.35 bits per heavy atom. The number of hydrogen-bond donors (Lipinski definition) is 1. The average Bonchev–Trinajstić information content (AvgIpc) is 3.13. The Kier molecular flexibility index (Phi) is 7.50. The van der Waals surface area contributed by atoms with E-state index in [0.717, 1.165) is 27.1 Å². The van der Waals surface area contributed by atoms with E-state index in [1.807, 2.05) is 65.0 Å². The van der Waals surface area contributed by atoms with Crippen LogP contribution in [-0.2, 0) is 9.53 Å². The largest absolute Gasteiger partial charge is 0.476 e. The van der Waals surface area contributed by atoms with Gasteiger partial charge in [-0.15, -0.1) is 11.3 Å². The van der Waals surface area contributed by atoms with Gasteiger partial charge in [-0.1, -0.05) is 29.8 Å². The second kappa shape index (κ2) is 10.6. The lowest BCUT2D eigenvalue weighted by Crippen LogP contribution is -2.23. The highest BCUT2D eigenvalue weighted by Gasteiger charge is 2.23. The van der Waals surface area contributed by atoms with E-state index in [9.17, 15) is 14.4 Å². The first-order valence-corrected chi connectivity index (χ1v) is 12.8. The van der Waals surface area contributed by atoms with Crippen LogP contribution in [0.2, 0.25) is 0 Å². The Labute approximate surface area is 219 Å². The number of thiophene rings is 1. The van der Waals surface area contributed by atoms with Crippen molar-refractivity contribution >= 4 is 39.2 Å². The number of carbonyl (C=O) groups is 2. The Morgan fingerprint density at radius 2 is 1.68 bits per heavy atom. The predicted octanol–water partition coefficient (Wildman–Crippen LogP) is 6.26. The summed E-state index contributed by atoms with van der Waals surface area (Å²) in [7, 11) is 0. The van der Waals surface area contributed by atoms with Crippen LogP contribution in [0.15, 0.2) is 45.6 Å². The van der Waals surface area contributed by atoms with E-state index >= 15 is 0 Å². The lowest BCUT2D eigenvalue weighted by atomic mass is 10.0. The SMILES string of the molecule is CCOC(=O)c1c(NC(=O)COc2c(-c3ccc(C)cc3)oc3cc(C)c(C)cc3c2=O)sc(C)c1C. The highest BCUT2D eigenvalue weighted by atomic mass is 32.1. The monoisotopic (exact) mass is 519 g/mol. The summed E-state index contributed by atoms with van der Waals surface area (Å²) in [6, 6.07) is 11.1. The molecule has 4 aromatic rings. The maximum atomic E-state index is 13.5. The number of benzene rings is 2. The van der Waals surface area contributed by atoms with Gasteiger partial charge in [0, 0.05) is 10.4 Å². The molecule has 0 aliphatic rings. The number of hydrogen-bond acceptors (Lipinski definition) is 7. The fourth-order valence-corrected chi connectivity index (χ4v) is 4.99. The standard InChI is InChI=1S/C29H29NO6S/c1-7-34-29(33)24-18(5)19(6)37-28(24)30-23(31)14-35-27-25(32)21-12-16(3)17(4)13-22(21)36-26(27)20-10-8-15(2)9-11-20/h8-13H,7,14H2,1-6H3,(H,30,31). The summed E-state index contributed by atoms with van der Waals surface area (Å²) < 4.78 is 17.1. The Hall–Kier alpha value is -3.91. The highest BCUT2D eigenvalue weighted by Crippen LogP contribution is 2.34. The number of aryl methyl sites for hydroxylation is 4. The predicted molar refractivity (Wildman–Crippen MR) is 146 cm³/mol. The number of rotatable bonds is 7. The van der Waals surface area contributed by atoms with E-state index in [1.54, 1.807) is 13.0 Å². The maximum absolute atomic E-state index is 13.5. The van der Waals surface area contributed by atoms with Gasteiger partial charge in [0.05, 0.1) is 17.6 Å². The summed E-state index contributed by atoms with van der Waals surface area (Å²) >= 11 is 1.29. The van der Waals surface area contributed by atoms with Gasteiger partial charge in [0.2, 0.25) is 11.2 Å². The van der Waals surface area contributed by atoms with Crippen LogP contribution >= 0.6 is 11.3 Å². The number of amides is 1. The fourth-order valence-electron chi connectivity index (χ4n) is 3.92. The van der Waals surface area contributed by atoms with Gasteiger partial charge in [-0.05, 0) is 70.4 Å². The van der Waals surface area contributed by atoms with Crippen molar-refractivity contribution in [1.29, 1.82) is 0 Å². The van der Waals surface area contributed by atoms with E-state index in [0.29, 0.717) is 27.1 Å². The first-order chi connectivity index (χ1) is 17.6. The van der Waals surface area contributed by atoms with Crippen molar-refractivity contribution < 1.29 is 23.5 Å². The van der Waals surface area contributed by atoms with Gasteiger partial charge in [-0.3, -0.25) is 9.59 Å². The maximum Gasteiger partial charge on any atom is 0.341 e. The molecule has 7 nitrogen and oxygen atoms in total. The smallest absolute Gasteiger partial charge is 0.341 e. The minimum Gasteiger partial charge on any atom is -0.476 e. The summed E-state index contributed by atoms with van der Waals surface area (Å²) in [6.07, 6.45) is 0. The van der Waals surface area contributed by atoms with E-state index in [-0.39, 0.29) is 23.5 Å². The third-order valence-corrected chi connectivity index (χ3v) is 7.37. The molecular formula is C29H29NO6S. The van der Waals surface area contributed by atoms with Crippen molar-refractivity contribution in [1.82, 2.24) is 0 Å². The molecule has 0 aliphatic heterocycles. The molecule has 2 heterocycles. The van der Waals surface area contributed by atoms with Crippen LogP contribution in [0.3, 0.4) is 0 Å². The number of nitrogens with one attached hydrogen (secondary N) is 1. The molecule has 2 aromatic carbocycles. The Morgan fingerprint density at radius 1 is 1.00 bits per heavy atom. The Balaban J connectivity index is 1.68. The number of fused-ring (bicyclic) bond motifs is 1. The highest BCUT2D eigenvalue weighted by molar-refractivity contribution is 7.16. The molecule has 0 spiro atoms. The average molecular weight is 520 g/mol. The van der Waals surface area contributed by atoms with E-state index < -0.39 is 18.5 Å². The van der Waals surface area contributed by atoms with Gasteiger partial charge in [0.1, 0.15) is 10.6 Å². The summed E-state index contributed by atoms with van der Waals surface area (Å²) in [5.74, 6) is -0.799. The van der Waals surface area contributed by atoms with E-state index in [4.69, 9.17) is 13.9 Å². The quantitative estimate of drug-likeness (QED) is 0.290. The second-order valence-corrected chi connectivity index (χ2v) is 10.2. The van der Waals surface area contributed by atoms with Gasteiger partial charge in [-0.25, -0.2) is 4.79 Å².